The van der Waals surface area contributed by atoms with Gasteiger partial charge in [-0.25, -0.2) is 0 Å². The average Bonchev–Trinajstić information content (AvgIpc) is 2.76. The molecule has 1 amide bonds. The highest BCUT2D eigenvalue weighted by molar-refractivity contribution is 14.0. The lowest BCUT2D eigenvalue weighted by Crippen LogP contribution is -2.41. The third-order valence-corrected chi connectivity index (χ3v) is 4.15. The molecule has 0 radical (unpaired) electrons. The first-order valence-electron chi connectivity index (χ1n) is 9.73. The molecule has 0 unspecified atom stereocenters. The normalized spacial score (nSPS) is 10.6. The van der Waals surface area contributed by atoms with Crippen molar-refractivity contribution < 1.29 is 14.3 Å². The average molecular weight is 526 g/mol. The molecule has 164 valence electrons. The number of halogens is 1. The zero-order chi connectivity index (χ0) is 20.9. The van der Waals surface area contributed by atoms with Gasteiger partial charge in [0.15, 0.2) is 5.96 Å². The maximum absolute atomic E-state index is 12.2. The largest absolute Gasteiger partial charge is 0.497 e. The monoisotopic (exact) mass is 526 g/mol. The van der Waals surface area contributed by atoms with Crippen LogP contribution in [0.4, 0.5) is 0 Å². The third-order valence-electron chi connectivity index (χ3n) is 4.15. The lowest BCUT2D eigenvalue weighted by molar-refractivity contribution is 0.0954. The van der Waals surface area contributed by atoms with Crippen molar-refractivity contribution in [1.82, 2.24) is 15.5 Å². The summed E-state index contributed by atoms with van der Waals surface area (Å²) in [4.78, 5) is 18.8. The minimum atomic E-state index is -0.127. The van der Waals surface area contributed by atoms with Crippen LogP contribution in [0.25, 0.3) is 0 Å². The molecule has 0 aliphatic rings. The first kappa shape index (κ1) is 25.5. The van der Waals surface area contributed by atoms with Crippen molar-refractivity contribution in [2.45, 2.75) is 6.92 Å². The molecule has 0 saturated heterocycles. The van der Waals surface area contributed by atoms with Crippen molar-refractivity contribution in [2.75, 3.05) is 46.9 Å². The Hall–Kier alpha value is -2.49. The van der Waals surface area contributed by atoms with Crippen LogP contribution in [-0.4, -0.2) is 63.7 Å². The van der Waals surface area contributed by atoms with E-state index in [-0.39, 0.29) is 29.9 Å². The number of rotatable bonds is 10. The van der Waals surface area contributed by atoms with Crippen LogP contribution < -0.4 is 20.1 Å². The number of amides is 1. The van der Waals surface area contributed by atoms with E-state index in [2.05, 4.69) is 15.6 Å². The van der Waals surface area contributed by atoms with Gasteiger partial charge in [0.05, 0.1) is 20.2 Å². The summed E-state index contributed by atoms with van der Waals surface area (Å²) in [5.41, 5.74) is 0.594. The molecule has 0 atom stereocenters. The molecular formula is C22H31IN4O3. The van der Waals surface area contributed by atoms with Gasteiger partial charge in [0.1, 0.15) is 18.1 Å². The molecule has 0 saturated carbocycles. The van der Waals surface area contributed by atoms with E-state index in [0.29, 0.717) is 31.8 Å². The quantitative estimate of drug-likeness (QED) is 0.216. The van der Waals surface area contributed by atoms with Gasteiger partial charge in [-0.05, 0) is 43.3 Å². The Morgan fingerprint density at radius 2 is 1.73 bits per heavy atom. The van der Waals surface area contributed by atoms with E-state index in [4.69, 9.17) is 9.47 Å². The van der Waals surface area contributed by atoms with Crippen LogP contribution in [0, 0.1) is 0 Å². The van der Waals surface area contributed by atoms with Gasteiger partial charge in [-0.3, -0.25) is 9.79 Å². The molecule has 0 bridgehead atoms. The predicted molar refractivity (Wildman–Crippen MR) is 131 cm³/mol. The fourth-order valence-electron chi connectivity index (χ4n) is 2.57. The number of aliphatic imine (C=N–C) groups is 1. The number of likely N-dealkylation sites (N-methyl/N-ethyl adjacent to an activating group) is 1. The van der Waals surface area contributed by atoms with Gasteiger partial charge in [-0.15, -0.1) is 24.0 Å². The third kappa shape index (κ3) is 8.89. The molecule has 30 heavy (non-hydrogen) atoms. The number of ether oxygens (including phenoxy) is 2. The summed E-state index contributed by atoms with van der Waals surface area (Å²) in [5, 5.41) is 6.14. The number of methoxy groups -OCH3 is 1. The molecule has 0 spiro atoms. The van der Waals surface area contributed by atoms with Crippen LogP contribution in [0.15, 0.2) is 59.6 Å². The van der Waals surface area contributed by atoms with Gasteiger partial charge in [0.2, 0.25) is 0 Å². The van der Waals surface area contributed by atoms with Gasteiger partial charge in [-0.2, -0.15) is 0 Å². The second kappa shape index (κ2) is 14.5. The second-order valence-corrected chi connectivity index (χ2v) is 6.30. The van der Waals surface area contributed by atoms with Crippen LogP contribution >= 0.6 is 24.0 Å². The van der Waals surface area contributed by atoms with Gasteiger partial charge in [-0.1, -0.05) is 18.2 Å². The van der Waals surface area contributed by atoms with Crippen LogP contribution in [0.2, 0.25) is 0 Å². The number of carbonyl (C=O) groups is 1. The van der Waals surface area contributed by atoms with E-state index in [1.54, 1.807) is 31.4 Å². The van der Waals surface area contributed by atoms with Crippen LogP contribution in [0.1, 0.15) is 17.3 Å². The molecular weight excluding hydrogens is 495 g/mol. The molecule has 2 N–H and O–H groups in total. The van der Waals surface area contributed by atoms with E-state index in [9.17, 15) is 4.79 Å². The highest BCUT2D eigenvalue weighted by Gasteiger charge is 2.07. The van der Waals surface area contributed by atoms with Crippen LogP contribution in [-0.2, 0) is 0 Å². The van der Waals surface area contributed by atoms with Crippen molar-refractivity contribution in [2.24, 2.45) is 4.99 Å². The number of guanidine groups is 1. The fraction of sp³-hybridized carbons (Fsp3) is 0.364. The molecule has 8 heteroatoms. The van der Waals surface area contributed by atoms with Crippen LogP contribution in [0.5, 0.6) is 11.5 Å². The summed E-state index contributed by atoms with van der Waals surface area (Å²) < 4.78 is 10.8. The Balaban J connectivity index is 0.00000450. The Labute approximate surface area is 195 Å². The summed E-state index contributed by atoms with van der Waals surface area (Å²) in [6, 6.07) is 16.7. The topological polar surface area (TPSA) is 75.2 Å². The van der Waals surface area contributed by atoms with Crippen molar-refractivity contribution in [1.29, 1.82) is 0 Å². The van der Waals surface area contributed by atoms with Crippen molar-refractivity contribution in [3.05, 3.63) is 60.2 Å². The number of nitrogens with one attached hydrogen (secondary N) is 2. The summed E-state index contributed by atoms with van der Waals surface area (Å²) >= 11 is 0. The molecule has 2 aromatic carbocycles. The zero-order valence-corrected chi connectivity index (χ0v) is 20.1. The van der Waals surface area contributed by atoms with E-state index in [1.807, 2.05) is 49.2 Å². The van der Waals surface area contributed by atoms with Gasteiger partial charge >= 0.3 is 0 Å². The van der Waals surface area contributed by atoms with E-state index in [0.717, 1.165) is 24.0 Å². The number of benzene rings is 2. The Morgan fingerprint density at radius 1 is 1.03 bits per heavy atom. The minimum absolute atomic E-state index is 0. The number of para-hydroxylation sites is 1. The lowest BCUT2D eigenvalue weighted by Gasteiger charge is -2.22. The SMILES string of the molecule is CCNC(=NCCNC(=O)c1ccc(OC)cc1)N(C)CCOc1ccccc1.I. The number of nitrogens with zero attached hydrogens (tertiary/aromatic N) is 2. The summed E-state index contributed by atoms with van der Waals surface area (Å²) in [5.74, 6) is 2.23. The van der Waals surface area contributed by atoms with E-state index in [1.165, 1.54) is 0 Å². The predicted octanol–water partition coefficient (Wildman–Crippen LogP) is 3.02. The highest BCUT2D eigenvalue weighted by Crippen LogP contribution is 2.11. The molecule has 0 fully saturated rings. The molecule has 7 nitrogen and oxygen atoms in total. The highest BCUT2D eigenvalue weighted by atomic mass is 127. The van der Waals surface area contributed by atoms with Gasteiger partial charge in [0, 0.05) is 25.7 Å². The number of carbonyl (C=O) groups excluding carboxylic acids is 1. The Bertz CT molecular complexity index is 770. The molecule has 0 heterocycles. The van der Waals surface area contributed by atoms with Crippen molar-refractivity contribution in [3.63, 3.8) is 0 Å². The second-order valence-electron chi connectivity index (χ2n) is 6.30. The van der Waals surface area contributed by atoms with Gasteiger partial charge in [0.25, 0.3) is 5.91 Å². The standard InChI is InChI=1S/C22H30N4O3.HI/c1-4-23-22(26(2)16-17-29-20-8-6-5-7-9-20)25-15-14-24-21(27)18-10-12-19(28-3)13-11-18;/h5-13H,4,14-17H2,1-3H3,(H,23,25)(H,24,27);1H. The molecule has 2 rings (SSSR count). The Morgan fingerprint density at radius 3 is 2.37 bits per heavy atom. The maximum Gasteiger partial charge on any atom is 0.251 e. The zero-order valence-electron chi connectivity index (χ0n) is 17.8. The van der Waals surface area contributed by atoms with E-state index < -0.39 is 0 Å². The molecule has 0 aromatic heterocycles. The first-order chi connectivity index (χ1) is 14.1. The van der Waals surface area contributed by atoms with E-state index >= 15 is 0 Å². The maximum atomic E-state index is 12.2. The summed E-state index contributed by atoms with van der Waals surface area (Å²) in [6.45, 7) is 4.97. The van der Waals surface area contributed by atoms with Crippen molar-refractivity contribution >= 4 is 35.8 Å². The minimum Gasteiger partial charge on any atom is -0.497 e. The first-order valence-corrected chi connectivity index (χ1v) is 9.73. The van der Waals surface area contributed by atoms with Crippen molar-refractivity contribution in [3.8, 4) is 11.5 Å². The smallest absolute Gasteiger partial charge is 0.251 e. The number of hydrogen-bond donors (Lipinski definition) is 2. The summed E-state index contributed by atoms with van der Waals surface area (Å²) in [6.07, 6.45) is 0. The van der Waals surface area contributed by atoms with Crippen LogP contribution in [0.3, 0.4) is 0 Å². The Kier molecular flexibility index (Phi) is 12.3. The number of hydrogen-bond acceptors (Lipinski definition) is 4. The fourth-order valence-corrected chi connectivity index (χ4v) is 2.57. The molecule has 0 aliphatic carbocycles. The van der Waals surface area contributed by atoms with Gasteiger partial charge < -0.3 is 25.0 Å². The lowest BCUT2D eigenvalue weighted by atomic mass is 10.2. The molecule has 2 aromatic rings. The summed E-state index contributed by atoms with van der Waals surface area (Å²) in [7, 11) is 3.56. The molecule has 0 aliphatic heterocycles.